The van der Waals surface area contributed by atoms with Gasteiger partial charge in [0.1, 0.15) is 5.82 Å². The number of halogens is 1. The highest BCUT2D eigenvalue weighted by atomic mass is 19.1. The summed E-state index contributed by atoms with van der Waals surface area (Å²) in [6.45, 7) is 7.72. The molecule has 2 amide bonds. The van der Waals surface area contributed by atoms with Gasteiger partial charge in [-0.05, 0) is 42.8 Å². The zero-order chi connectivity index (χ0) is 22.7. The number of rotatable bonds is 6. The van der Waals surface area contributed by atoms with Gasteiger partial charge in [0.25, 0.3) is 0 Å². The van der Waals surface area contributed by atoms with Gasteiger partial charge in [0.05, 0.1) is 11.6 Å². The third-order valence-corrected chi connectivity index (χ3v) is 6.38. The molecule has 1 N–H and O–H groups in total. The Bertz CT molecular complexity index is 970. The summed E-state index contributed by atoms with van der Waals surface area (Å²) in [7, 11) is 2.15. The molecule has 2 aliphatic heterocycles. The van der Waals surface area contributed by atoms with Crippen LogP contribution < -0.4 is 10.2 Å². The topological polar surface area (TPSA) is 55.9 Å². The summed E-state index contributed by atoms with van der Waals surface area (Å²) < 4.78 is 14.3. The van der Waals surface area contributed by atoms with Crippen molar-refractivity contribution in [3.05, 3.63) is 65.0 Å². The molecule has 2 heterocycles. The third-order valence-electron chi connectivity index (χ3n) is 6.38. The van der Waals surface area contributed by atoms with Crippen molar-refractivity contribution in [2.45, 2.75) is 26.4 Å². The highest BCUT2D eigenvalue weighted by Crippen LogP contribution is 2.28. The lowest BCUT2D eigenvalue weighted by Crippen LogP contribution is -2.43. The largest absolute Gasteiger partial charge is 0.352 e. The van der Waals surface area contributed by atoms with E-state index in [-0.39, 0.29) is 30.5 Å². The van der Waals surface area contributed by atoms with E-state index in [1.54, 1.807) is 19.1 Å². The van der Waals surface area contributed by atoms with E-state index in [2.05, 4.69) is 34.3 Å². The van der Waals surface area contributed by atoms with E-state index in [0.717, 1.165) is 43.9 Å². The van der Waals surface area contributed by atoms with E-state index in [1.807, 2.05) is 12.1 Å². The fourth-order valence-electron chi connectivity index (χ4n) is 4.31. The number of nitrogens with one attached hydrogen (secondary N) is 1. The van der Waals surface area contributed by atoms with Gasteiger partial charge in [-0.3, -0.25) is 14.5 Å². The molecule has 0 spiro atoms. The predicted molar refractivity (Wildman–Crippen MR) is 123 cm³/mol. The second-order valence-electron chi connectivity index (χ2n) is 8.97. The molecule has 0 radical (unpaired) electrons. The molecule has 6 nitrogen and oxygen atoms in total. The minimum Gasteiger partial charge on any atom is -0.352 e. The molecular formula is C25H31FN4O2. The van der Waals surface area contributed by atoms with Crippen LogP contribution in [-0.4, -0.2) is 61.4 Å². The third kappa shape index (κ3) is 5.34. The van der Waals surface area contributed by atoms with Crippen LogP contribution in [0.25, 0.3) is 0 Å². The maximum atomic E-state index is 14.3. The normalized spacial score (nSPS) is 20.0. The van der Waals surface area contributed by atoms with Crippen LogP contribution in [0.5, 0.6) is 0 Å². The first-order chi connectivity index (χ1) is 15.4. The van der Waals surface area contributed by atoms with E-state index >= 15 is 0 Å². The van der Waals surface area contributed by atoms with Crippen LogP contribution in [0.2, 0.25) is 0 Å². The van der Waals surface area contributed by atoms with Crippen molar-refractivity contribution in [2.75, 3.05) is 44.7 Å². The van der Waals surface area contributed by atoms with Gasteiger partial charge in [-0.2, -0.15) is 0 Å². The SMILES string of the molecule is Cc1ccc(N2CC(C(=O)NCc3ccc(CN4CCN(C)CC4)cc3)CC2=O)c(F)c1. The van der Waals surface area contributed by atoms with E-state index in [0.29, 0.717) is 6.54 Å². The number of aryl methyl sites for hydroxylation is 1. The smallest absolute Gasteiger partial charge is 0.227 e. The number of likely N-dealkylation sites (N-methyl/N-ethyl adjacent to an activating group) is 1. The van der Waals surface area contributed by atoms with Crippen LogP contribution in [0.15, 0.2) is 42.5 Å². The summed E-state index contributed by atoms with van der Waals surface area (Å²) in [5.74, 6) is -1.30. The summed E-state index contributed by atoms with van der Waals surface area (Å²) in [4.78, 5) is 31.2. The van der Waals surface area contributed by atoms with Gasteiger partial charge in [0.2, 0.25) is 11.8 Å². The second-order valence-corrected chi connectivity index (χ2v) is 8.97. The highest BCUT2D eigenvalue weighted by molar-refractivity contribution is 6.00. The van der Waals surface area contributed by atoms with Crippen LogP contribution in [0.1, 0.15) is 23.1 Å². The van der Waals surface area contributed by atoms with Crippen molar-refractivity contribution in [1.29, 1.82) is 0 Å². The fourth-order valence-corrected chi connectivity index (χ4v) is 4.31. The van der Waals surface area contributed by atoms with Crippen molar-refractivity contribution in [1.82, 2.24) is 15.1 Å². The van der Waals surface area contributed by atoms with Crippen LogP contribution in [0, 0.1) is 18.7 Å². The van der Waals surface area contributed by atoms with Gasteiger partial charge in [-0.15, -0.1) is 0 Å². The molecule has 0 aromatic heterocycles. The molecule has 7 heteroatoms. The number of amides is 2. The maximum absolute atomic E-state index is 14.3. The van der Waals surface area contributed by atoms with Gasteiger partial charge >= 0.3 is 0 Å². The Kier molecular flexibility index (Phi) is 6.86. The zero-order valence-corrected chi connectivity index (χ0v) is 18.8. The molecule has 2 aromatic rings. The lowest BCUT2D eigenvalue weighted by molar-refractivity contribution is -0.126. The molecule has 2 aromatic carbocycles. The average molecular weight is 439 g/mol. The highest BCUT2D eigenvalue weighted by Gasteiger charge is 2.36. The number of hydrogen-bond acceptors (Lipinski definition) is 4. The maximum Gasteiger partial charge on any atom is 0.227 e. The van der Waals surface area contributed by atoms with Gasteiger partial charge in [-0.1, -0.05) is 30.3 Å². The number of anilines is 1. The number of nitrogens with zero attached hydrogens (tertiary/aromatic N) is 3. The van der Waals surface area contributed by atoms with Crippen molar-refractivity contribution in [2.24, 2.45) is 5.92 Å². The molecule has 170 valence electrons. The summed E-state index contributed by atoms with van der Waals surface area (Å²) >= 11 is 0. The summed E-state index contributed by atoms with van der Waals surface area (Å²) in [5, 5.41) is 2.94. The first-order valence-electron chi connectivity index (χ1n) is 11.2. The average Bonchev–Trinajstić information content (AvgIpc) is 3.16. The second kappa shape index (κ2) is 9.79. The van der Waals surface area contributed by atoms with E-state index in [4.69, 9.17) is 0 Å². The van der Waals surface area contributed by atoms with Crippen molar-refractivity contribution in [3.8, 4) is 0 Å². The Balaban J connectivity index is 1.28. The number of benzene rings is 2. The van der Waals surface area contributed by atoms with Gasteiger partial charge in [-0.25, -0.2) is 4.39 Å². The van der Waals surface area contributed by atoms with Crippen LogP contribution in [-0.2, 0) is 22.7 Å². The summed E-state index contributed by atoms with van der Waals surface area (Å²) in [5.41, 5.74) is 3.32. The standard InChI is InChI=1S/C25H31FN4O2/c1-18-3-8-23(22(26)13-18)30-17-21(14-24(30)31)25(32)27-15-19-4-6-20(7-5-19)16-29-11-9-28(2)10-12-29/h3-8,13,21H,9-12,14-17H2,1-2H3,(H,27,32). The molecule has 1 unspecified atom stereocenters. The molecule has 1 atom stereocenters. The van der Waals surface area contributed by atoms with Crippen LogP contribution in [0.4, 0.5) is 10.1 Å². The first kappa shape index (κ1) is 22.4. The molecular weight excluding hydrogens is 407 g/mol. The predicted octanol–water partition coefficient (Wildman–Crippen LogP) is 2.55. The van der Waals surface area contributed by atoms with E-state index in [9.17, 15) is 14.0 Å². The quantitative estimate of drug-likeness (QED) is 0.753. The minimum atomic E-state index is -0.472. The Labute approximate surface area is 189 Å². The Morgan fingerprint density at radius 2 is 1.75 bits per heavy atom. The molecule has 0 bridgehead atoms. The molecule has 32 heavy (non-hydrogen) atoms. The van der Waals surface area contributed by atoms with Crippen molar-refractivity contribution < 1.29 is 14.0 Å². The Morgan fingerprint density at radius 3 is 2.44 bits per heavy atom. The minimum absolute atomic E-state index is 0.100. The molecule has 0 saturated carbocycles. The van der Waals surface area contributed by atoms with Crippen LogP contribution >= 0.6 is 0 Å². The van der Waals surface area contributed by atoms with Gasteiger partial charge < -0.3 is 15.1 Å². The number of carbonyl (C=O) groups excluding carboxylic acids is 2. The lowest BCUT2D eigenvalue weighted by Gasteiger charge is -2.32. The zero-order valence-electron chi connectivity index (χ0n) is 18.8. The molecule has 0 aliphatic carbocycles. The van der Waals surface area contributed by atoms with Crippen LogP contribution in [0.3, 0.4) is 0 Å². The Hall–Kier alpha value is -2.77. The van der Waals surface area contributed by atoms with Crippen molar-refractivity contribution in [3.63, 3.8) is 0 Å². The van der Waals surface area contributed by atoms with Crippen molar-refractivity contribution >= 4 is 17.5 Å². The fraction of sp³-hybridized carbons (Fsp3) is 0.440. The van der Waals surface area contributed by atoms with Gasteiger partial charge in [0, 0.05) is 52.2 Å². The molecule has 4 rings (SSSR count). The molecule has 2 fully saturated rings. The molecule has 2 saturated heterocycles. The number of piperazine rings is 1. The first-order valence-corrected chi connectivity index (χ1v) is 11.2. The summed E-state index contributed by atoms with van der Waals surface area (Å²) in [6.07, 6.45) is 0.100. The van der Waals surface area contributed by atoms with E-state index < -0.39 is 11.7 Å². The number of hydrogen-bond donors (Lipinski definition) is 1. The summed E-state index contributed by atoms with van der Waals surface area (Å²) in [6, 6.07) is 13.1. The molecule has 2 aliphatic rings. The lowest BCUT2D eigenvalue weighted by atomic mass is 10.1. The van der Waals surface area contributed by atoms with Gasteiger partial charge in [0.15, 0.2) is 0 Å². The number of carbonyl (C=O) groups is 2. The Morgan fingerprint density at radius 1 is 1.06 bits per heavy atom. The monoisotopic (exact) mass is 438 g/mol. The van der Waals surface area contributed by atoms with E-state index in [1.165, 1.54) is 16.5 Å².